The average Bonchev–Trinajstić information content (AvgIpc) is 3.40. The Morgan fingerprint density at radius 2 is 1.88 bits per heavy atom. The number of piperazine rings is 1. The molecule has 2 aliphatic heterocycles. The molecule has 0 N–H and O–H groups in total. The van der Waals surface area contributed by atoms with Crippen LogP contribution in [0.15, 0.2) is 42.7 Å². The molecule has 1 aromatic carbocycles. The van der Waals surface area contributed by atoms with E-state index in [0.29, 0.717) is 5.78 Å². The monoisotopic (exact) mass is 366 g/mol. The molecule has 1 atom stereocenters. The molecule has 0 amide bonds. The van der Waals surface area contributed by atoms with Crippen LogP contribution >= 0.6 is 11.8 Å². The molecular weight excluding hydrogens is 344 g/mol. The molecule has 7 heteroatoms. The first-order valence-corrected chi connectivity index (χ1v) is 10.4. The van der Waals surface area contributed by atoms with Gasteiger partial charge in [0.25, 0.3) is 5.78 Å². The smallest absolute Gasteiger partial charge is 0.254 e. The van der Waals surface area contributed by atoms with Crippen molar-refractivity contribution in [3.05, 3.63) is 42.7 Å². The Hall–Kier alpha value is -2.12. The van der Waals surface area contributed by atoms with Crippen LogP contribution in [0.3, 0.4) is 0 Å². The molecule has 2 aromatic heterocycles. The van der Waals surface area contributed by atoms with Crippen LogP contribution < -0.4 is 4.90 Å². The zero-order chi connectivity index (χ0) is 17.3. The molecule has 0 aliphatic carbocycles. The average molecular weight is 366 g/mol. The summed E-state index contributed by atoms with van der Waals surface area (Å²) in [5.74, 6) is 4.36. The number of rotatable bonds is 3. The Kier molecular flexibility index (Phi) is 4.26. The van der Waals surface area contributed by atoms with E-state index in [1.807, 2.05) is 22.7 Å². The van der Waals surface area contributed by atoms with E-state index in [1.54, 1.807) is 6.33 Å². The Labute approximate surface area is 157 Å². The van der Waals surface area contributed by atoms with Gasteiger partial charge in [0.2, 0.25) is 0 Å². The summed E-state index contributed by atoms with van der Waals surface area (Å²) in [6.45, 7) is 4.28. The molecule has 0 unspecified atom stereocenters. The van der Waals surface area contributed by atoms with Gasteiger partial charge in [-0.05, 0) is 12.2 Å². The first-order valence-electron chi connectivity index (χ1n) is 9.21. The standard InChI is InChI=1S/C19H22N6S/c1-2-4-15(5-3-1)17-12-18(25-19(22-17)20-14-21-25)24-9-7-23(8-10-24)16-6-11-26-13-16/h1-5,12,14,16H,6-11,13H2/t16-/m1/s1. The molecule has 0 bridgehead atoms. The summed E-state index contributed by atoms with van der Waals surface area (Å²) in [6, 6.07) is 13.2. The summed E-state index contributed by atoms with van der Waals surface area (Å²) in [5, 5.41) is 4.41. The number of aromatic nitrogens is 4. The number of fused-ring (bicyclic) bond motifs is 1. The molecule has 0 spiro atoms. The third-order valence-corrected chi connectivity index (χ3v) is 6.51. The van der Waals surface area contributed by atoms with Crippen LogP contribution in [0.5, 0.6) is 0 Å². The van der Waals surface area contributed by atoms with Gasteiger partial charge in [0.05, 0.1) is 5.69 Å². The maximum Gasteiger partial charge on any atom is 0.254 e. The summed E-state index contributed by atoms with van der Waals surface area (Å²) < 4.78 is 1.87. The van der Waals surface area contributed by atoms with Gasteiger partial charge in [-0.25, -0.2) is 4.98 Å². The molecule has 2 fully saturated rings. The van der Waals surface area contributed by atoms with E-state index < -0.39 is 0 Å². The van der Waals surface area contributed by atoms with Crippen molar-refractivity contribution in [2.45, 2.75) is 12.5 Å². The van der Waals surface area contributed by atoms with Crippen LogP contribution in [0.2, 0.25) is 0 Å². The van der Waals surface area contributed by atoms with Crippen molar-refractivity contribution < 1.29 is 0 Å². The first-order chi connectivity index (χ1) is 12.9. The van der Waals surface area contributed by atoms with Crippen molar-refractivity contribution in [1.29, 1.82) is 0 Å². The highest BCUT2D eigenvalue weighted by Gasteiger charge is 2.27. The van der Waals surface area contributed by atoms with E-state index in [-0.39, 0.29) is 0 Å². The van der Waals surface area contributed by atoms with Crippen molar-refractivity contribution in [2.75, 3.05) is 42.6 Å². The molecule has 26 heavy (non-hydrogen) atoms. The summed E-state index contributed by atoms with van der Waals surface area (Å²) in [5.41, 5.74) is 2.07. The van der Waals surface area contributed by atoms with Crippen LogP contribution in [0.4, 0.5) is 5.82 Å². The lowest BCUT2D eigenvalue weighted by Gasteiger charge is -2.38. The van der Waals surface area contributed by atoms with Gasteiger partial charge < -0.3 is 4.90 Å². The van der Waals surface area contributed by atoms with E-state index in [2.05, 4.69) is 54.8 Å². The molecule has 6 nitrogen and oxygen atoms in total. The van der Waals surface area contributed by atoms with Gasteiger partial charge in [0.1, 0.15) is 12.1 Å². The molecule has 0 radical (unpaired) electrons. The Morgan fingerprint density at radius 3 is 2.65 bits per heavy atom. The lowest BCUT2D eigenvalue weighted by Crippen LogP contribution is -2.51. The number of anilines is 1. The van der Waals surface area contributed by atoms with Crippen LogP contribution in [-0.4, -0.2) is 68.2 Å². The minimum Gasteiger partial charge on any atom is -0.354 e. The second-order valence-corrected chi connectivity index (χ2v) is 8.03. The number of benzene rings is 1. The summed E-state index contributed by atoms with van der Waals surface area (Å²) in [4.78, 5) is 14.1. The fraction of sp³-hybridized carbons (Fsp3) is 0.421. The Balaban J connectivity index is 1.44. The number of nitrogens with zero attached hydrogens (tertiary/aromatic N) is 6. The van der Waals surface area contributed by atoms with Gasteiger partial charge in [-0.1, -0.05) is 30.3 Å². The molecule has 2 saturated heterocycles. The van der Waals surface area contributed by atoms with Crippen molar-refractivity contribution in [3.63, 3.8) is 0 Å². The van der Waals surface area contributed by atoms with Crippen molar-refractivity contribution >= 4 is 23.4 Å². The summed E-state index contributed by atoms with van der Waals surface area (Å²) in [7, 11) is 0. The van der Waals surface area contributed by atoms with E-state index >= 15 is 0 Å². The third kappa shape index (κ3) is 2.95. The van der Waals surface area contributed by atoms with Crippen molar-refractivity contribution in [2.24, 2.45) is 0 Å². The van der Waals surface area contributed by atoms with E-state index in [1.165, 1.54) is 17.9 Å². The second kappa shape index (κ2) is 6.89. The maximum atomic E-state index is 4.69. The summed E-state index contributed by atoms with van der Waals surface area (Å²) in [6.07, 6.45) is 2.93. The van der Waals surface area contributed by atoms with Crippen LogP contribution in [0.25, 0.3) is 17.0 Å². The lowest BCUT2D eigenvalue weighted by atomic mass is 10.1. The molecule has 3 aromatic rings. The van der Waals surface area contributed by atoms with E-state index in [9.17, 15) is 0 Å². The van der Waals surface area contributed by atoms with Gasteiger partial charge in [-0.2, -0.15) is 26.4 Å². The van der Waals surface area contributed by atoms with Crippen LogP contribution in [0.1, 0.15) is 6.42 Å². The highest BCUT2D eigenvalue weighted by atomic mass is 32.2. The number of thioether (sulfide) groups is 1. The minimum atomic E-state index is 0.663. The zero-order valence-corrected chi connectivity index (χ0v) is 15.5. The SMILES string of the molecule is c1ccc(-c2cc(N3CCN([C@@H]4CCSC4)CC3)n3ncnc3n2)cc1. The first kappa shape index (κ1) is 16.1. The molecule has 134 valence electrons. The maximum absolute atomic E-state index is 4.69. The highest BCUT2D eigenvalue weighted by Crippen LogP contribution is 2.27. The van der Waals surface area contributed by atoms with Crippen molar-refractivity contribution in [3.8, 4) is 11.3 Å². The minimum absolute atomic E-state index is 0.663. The quantitative estimate of drug-likeness (QED) is 0.710. The van der Waals surface area contributed by atoms with Gasteiger partial charge in [0, 0.05) is 49.6 Å². The molecular formula is C19H22N6S. The fourth-order valence-corrected chi connectivity index (χ4v) is 5.16. The summed E-state index contributed by atoms with van der Waals surface area (Å²) >= 11 is 2.09. The topological polar surface area (TPSA) is 49.6 Å². The van der Waals surface area contributed by atoms with Crippen LogP contribution in [0, 0.1) is 0 Å². The van der Waals surface area contributed by atoms with E-state index in [0.717, 1.165) is 49.3 Å². The van der Waals surface area contributed by atoms with Gasteiger partial charge >= 0.3 is 0 Å². The molecule has 5 rings (SSSR count). The number of hydrogen-bond acceptors (Lipinski definition) is 6. The van der Waals surface area contributed by atoms with Gasteiger partial charge in [-0.15, -0.1) is 0 Å². The predicted molar refractivity (Wildman–Crippen MR) is 106 cm³/mol. The predicted octanol–water partition coefficient (Wildman–Crippen LogP) is 2.42. The number of hydrogen-bond donors (Lipinski definition) is 0. The Morgan fingerprint density at radius 1 is 1.04 bits per heavy atom. The van der Waals surface area contributed by atoms with Crippen molar-refractivity contribution in [1.82, 2.24) is 24.5 Å². The van der Waals surface area contributed by atoms with Gasteiger partial charge in [0.15, 0.2) is 0 Å². The van der Waals surface area contributed by atoms with Crippen LogP contribution in [-0.2, 0) is 0 Å². The normalized spacial score (nSPS) is 21.5. The third-order valence-electron chi connectivity index (χ3n) is 5.36. The van der Waals surface area contributed by atoms with E-state index in [4.69, 9.17) is 0 Å². The lowest BCUT2D eigenvalue weighted by molar-refractivity contribution is 0.200. The largest absolute Gasteiger partial charge is 0.354 e. The highest BCUT2D eigenvalue weighted by molar-refractivity contribution is 7.99. The second-order valence-electron chi connectivity index (χ2n) is 6.88. The zero-order valence-electron chi connectivity index (χ0n) is 14.7. The molecule has 2 aliphatic rings. The van der Waals surface area contributed by atoms with Gasteiger partial charge in [-0.3, -0.25) is 4.90 Å². The molecule has 4 heterocycles. The fourth-order valence-electron chi connectivity index (χ4n) is 3.90. The molecule has 0 saturated carbocycles. The Bertz CT molecular complexity index is 881.